The van der Waals surface area contributed by atoms with E-state index in [1.54, 1.807) is 4.88 Å². The molecule has 172 valence electrons. The van der Waals surface area contributed by atoms with E-state index in [-0.39, 0.29) is 5.91 Å². The first-order chi connectivity index (χ1) is 16.2. The number of benzene rings is 2. The first-order valence-corrected chi connectivity index (χ1v) is 13.0. The van der Waals surface area contributed by atoms with Gasteiger partial charge in [0.1, 0.15) is 12.4 Å². The van der Waals surface area contributed by atoms with E-state index in [0.717, 1.165) is 56.8 Å². The molecule has 0 N–H and O–H groups in total. The lowest BCUT2D eigenvalue weighted by atomic mass is 9.99. The molecular weight excluding hydrogens is 428 g/mol. The molecule has 0 saturated carbocycles. The Morgan fingerprint density at radius 1 is 0.939 bits per heavy atom. The van der Waals surface area contributed by atoms with Crippen LogP contribution >= 0.6 is 11.3 Å². The SMILES string of the molecule is O=C(CCc1ccc(OCc2ccccc2)cc1)N1CCC(N2CCc3sccc3C2)CC1. The van der Waals surface area contributed by atoms with Crippen molar-refractivity contribution in [2.45, 2.75) is 51.3 Å². The highest BCUT2D eigenvalue weighted by molar-refractivity contribution is 7.10. The Morgan fingerprint density at radius 3 is 2.52 bits per heavy atom. The third-order valence-corrected chi connectivity index (χ3v) is 7.99. The van der Waals surface area contributed by atoms with Gasteiger partial charge in [-0.05, 0) is 66.0 Å². The molecule has 3 aromatic rings. The van der Waals surface area contributed by atoms with E-state index in [2.05, 4.69) is 45.5 Å². The molecule has 3 heterocycles. The zero-order valence-corrected chi connectivity index (χ0v) is 19.9. The Bertz CT molecular complexity index is 1040. The minimum Gasteiger partial charge on any atom is -0.489 e. The van der Waals surface area contributed by atoms with E-state index >= 15 is 0 Å². The van der Waals surface area contributed by atoms with Gasteiger partial charge in [0.05, 0.1) is 0 Å². The predicted molar refractivity (Wildman–Crippen MR) is 134 cm³/mol. The summed E-state index contributed by atoms with van der Waals surface area (Å²) in [4.78, 5) is 19.1. The molecule has 33 heavy (non-hydrogen) atoms. The van der Waals surface area contributed by atoms with Crippen molar-refractivity contribution in [3.63, 3.8) is 0 Å². The number of ether oxygens (including phenoxy) is 1. The highest BCUT2D eigenvalue weighted by Gasteiger charge is 2.29. The van der Waals surface area contributed by atoms with E-state index in [1.807, 2.05) is 41.7 Å². The first kappa shape index (κ1) is 22.2. The van der Waals surface area contributed by atoms with Gasteiger partial charge in [0.25, 0.3) is 0 Å². The fourth-order valence-corrected chi connectivity index (χ4v) is 5.85. The normalized spacial score (nSPS) is 17.0. The van der Waals surface area contributed by atoms with Crippen molar-refractivity contribution in [1.82, 2.24) is 9.80 Å². The van der Waals surface area contributed by atoms with Crippen molar-refractivity contribution in [3.05, 3.63) is 87.6 Å². The lowest BCUT2D eigenvalue weighted by Gasteiger charge is -2.40. The average Bonchev–Trinajstić information content (AvgIpc) is 3.35. The lowest BCUT2D eigenvalue weighted by Crippen LogP contribution is -2.47. The Kier molecular flexibility index (Phi) is 7.08. The van der Waals surface area contributed by atoms with Crippen LogP contribution in [0.25, 0.3) is 0 Å². The van der Waals surface area contributed by atoms with E-state index < -0.39 is 0 Å². The molecule has 2 aromatic carbocycles. The number of likely N-dealkylation sites (tertiary alicyclic amines) is 1. The number of nitrogens with zero attached hydrogens (tertiary/aromatic N) is 2. The summed E-state index contributed by atoms with van der Waals surface area (Å²) in [6.07, 6.45) is 4.74. The molecule has 1 saturated heterocycles. The quantitative estimate of drug-likeness (QED) is 0.479. The van der Waals surface area contributed by atoms with Crippen LogP contribution in [0.3, 0.4) is 0 Å². The maximum atomic E-state index is 12.8. The van der Waals surface area contributed by atoms with Crippen LogP contribution in [0.4, 0.5) is 0 Å². The first-order valence-electron chi connectivity index (χ1n) is 12.1. The van der Waals surface area contributed by atoms with Crippen LogP contribution in [-0.4, -0.2) is 41.4 Å². The Labute approximate surface area is 200 Å². The molecule has 2 aliphatic heterocycles. The van der Waals surface area contributed by atoms with Gasteiger partial charge in [-0.2, -0.15) is 0 Å². The smallest absolute Gasteiger partial charge is 0.222 e. The molecule has 1 amide bonds. The van der Waals surface area contributed by atoms with Gasteiger partial charge in [-0.1, -0.05) is 42.5 Å². The monoisotopic (exact) mass is 460 g/mol. The number of piperidine rings is 1. The van der Waals surface area contributed by atoms with Gasteiger partial charge in [0.2, 0.25) is 5.91 Å². The van der Waals surface area contributed by atoms with Crippen LogP contribution in [-0.2, 0) is 30.8 Å². The summed E-state index contributed by atoms with van der Waals surface area (Å²) in [5.74, 6) is 1.15. The van der Waals surface area contributed by atoms with Crippen LogP contribution in [0, 0.1) is 0 Å². The number of rotatable bonds is 7. The third-order valence-electron chi connectivity index (χ3n) is 6.97. The second kappa shape index (κ2) is 10.5. The fraction of sp³-hybridized carbons (Fsp3) is 0.393. The molecule has 0 radical (unpaired) electrons. The van der Waals surface area contributed by atoms with Crippen molar-refractivity contribution in [2.24, 2.45) is 0 Å². The summed E-state index contributed by atoms with van der Waals surface area (Å²) in [6.45, 7) is 4.60. The number of carbonyl (C=O) groups excluding carboxylic acids is 1. The highest BCUT2D eigenvalue weighted by Crippen LogP contribution is 2.28. The highest BCUT2D eigenvalue weighted by atomic mass is 32.1. The summed E-state index contributed by atoms with van der Waals surface area (Å²) in [6, 6.07) is 21.3. The second-order valence-corrected chi connectivity index (χ2v) is 10.1. The van der Waals surface area contributed by atoms with Gasteiger partial charge < -0.3 is 9.64 Å². The van der Waals surface area contributed by atoms with Crippen LogP contribution in [0.5, 0.6) is 5.75 Å². The molecule has 1 aromatic heterocycles. The second-order valence-electron chi connectivity index (χ2n) is 9.12. The number of carbonyl (C=O) groups is 1. The minimum atomic E-state index is 0.289. The number of hydrogen-bond donors (Lipinski definition) is 0. The Hall–Kier alpha value is -2.63. The molecular formula is C28H32N2O2S. The zero-order valence-electron chi connectivity index (χ0n) is 19.1. The van der Waals surface area contributed by atoms with Crippen LogP contribution in [0.1, 0.15) is 40.8 Å². The van der Waals surface area contributed by atoms with Crippen molar-refractivity contribution >= 4 is 17.2 Å². The molecule has 4 nitrogen and oxygen atoms in total. The molecule has 5 heteroatoms. The van der Waals surface area contributed by atoms with E-state index in [9.17, 15) is 4.79 Å². The van der Waals surface area contributed by atoms with Gasteiger partial charge in [0, 0.05) is 43.5 Å². The van der Waals surface area contributed by atoms with Gasteiger partial charge in [-0.25, -0.2) is 0 Å². The van der Waals surface area contributed by atoms with Gasteiger partial charge >= 0.3 is 0 Å². The van der Waals surface area contributed by atoms with Crippen LogP contribution in [0.15, 0.2) is 66.0 Å². The molecule has 5 rings (SSSR count). The van der Waals surface area contributed by atoms with Gasteiger partial charge in [-0.3, -0.25) is 9.69 Å². The molecule has 0 spiro atoms. The van der Waals surface area contributed by atoms with Gasteiger partial charge in [0.15, 0.2) is 0 Å². The summed E-state index contributed by atoms with van der Waals surface area (Å²) in [5, 5.41) is 2.22. The van der Waals surface area contributed by atoms with Crippen molar-refractivity contribution in [3.8, 4) is 5.75 Å². The maximum absolute atomic E-state index is 12.8. The van der Waals surface area contributed by atoms with E-state index in [4.69, 9.17) is 4.74 Å². The molecule has 1 fully saturated rings. The molecule has 0 aliphatic carbocycles. The average molecular weight is 461 g/mol. The summed E-state index contributed by atoms with van der Waals surface area (Å²) < 4.78 is 5.86. The molecule has 0 atom stereocenters. The summed E-state index contributed by atoms with van der Waals surface area (Å²) in [5.41, 5.74) is 3.86. The molecule has 2 aliphatic rings. The number of hydrogen-bond acceptors (Lipinski definition) is 4. The number of thiophene rings is 1. The van der Waals surface area contributed by atoms with Crippen molar-refractivity contribution in [2.75, 3.05) is 19.6 Å². The van der Waals surface area contributed by atoms with Gasteiger partial charge in [-0.15, -0.1) is 11.3 Å². The molecule has 0 bridgehead atoms. The predicted octanol–water partition coefficient (Wildman–Crippen LogP) is 5.31. The summed E-state index contributed by atoms with van der Waals surface area (Å²) in [7, 11) is 0. The standard InChI is InChI=1S/C28H32N2O2S/c31-28(11-8-22-6-9-26(10-7-22)32-21-23-4-2-1-3-5-23)29-16-12-25(13-17-29)30-18-14-27-24(20-30)15-19-33-27/h1-7,9-10,15,19,25H,8,11-14,16-18,20-21H2. The topological polar surface area (TPSA) is 32.8 Å². The Morgan fingerprint density at radius 2 is 1.73 bits per heavy atom. The molecule has 0 unspecified atom stereocenters. The fourth-order valence-electron chi connectivity index (χ4n) is 4.97. The van der Waals surface area contributed by atoms with E-state index in [0.29, 0.717) is 19.1 Å². The van der Waals surface area contributed by atoms with Crippen molar-refractivity contribution < 1.29 is 9.53 Å². The van der Waals surface area contributed by atoms with Crippen LogP contribution < -0.4 is 4.74 Å². The number of amides is 1. The van der Waals surface area contributed by atoms with E-state index in [1.165, 1.54) is 17.5 Å². The Balaban J connectivity index is 1.04. The maximum Gasteiger partial charge on any atom is 0.222 e. The lowest BCUT2D eigenvalue weighted by molar-refractivity contribution is -0.132. The number of fused-ring (bicyclic) bond motifs is 1. The largest absolute Gasteiger partial charge is 0.489 e. The minimum absolute atomic E-state index is 0.289. The third kappa shape index (κ3) is 5.66. The van der Waals surface area contributed by atoms with Crippen LogP contribution in [0.2, 0.25) is 0 Å². The number of aryl methyl sites for hydroxylation is 1. The van der Waals surface area contributed by atoms with Crippen molar-refractivity contribution in [1.29, 1.82) is 0 Å². The summed E-state index contributed by atoms with van der Waals surface area (Å²) >= 11 is 1.90. The zero-order chi connectivity index (χ0) is 22.5.